The monoisotopic (exact) mass is 447 g/mol. The molecular formula is C25H22FN3O2S. The van der Waals surface area contributed by atoms with Crippen LogP contribution in [0.3, 0.4) is 0 Å². The van der Waals surface area contributed by atoms with Crippen molar-refractivity contribution < 1.29 is 9.18 Å². The Morgan fingerprint density at radius 2 is 1.66 bits per heavy atom. The Hall–Kier alpha value is -3.45. The number of para-hydroxylation sites is 2. The number of thioether (sulfide) groups is 1. The first-order valence-electron chi connectivity index (χ1n) is 10.2. The molecule has 0 aliphatic carbocycles. The van der Waals surface area contributed by atoms with Crippen LogP contribution in [0, 0.1) is 5.82 Å². The fourth-order valence-electron chi connectivity index (χ4n) is 3.54. The first-order valence-corrected chi connectivity index (χ1v) is 11.2. The molecule has 0 saturated heterocycles. The quantitative estimate of drug-likeness (QED) is 0.306. The predicted octanol–water partition coefficient (Wildman–Crippen LogP) is 5.06. The van der Waals surface area contributed by atoms with E-state index in [4.69, 9.17) is 0 Å². The van der Waals surface area contributed by atoms with E-state index >= 15 is 0 Å². The third kappa shape index (κ3) is 4.43. The van der Waals surface area contributed by atoms with Gasteiger partial charge in [0.1, 0.15) is 5.82 Å². The van der Waals surface area contributed by atoms with Gasteiger partial charge in [0.05, 0.1) is 22.3 Å². The van der Waals surface area contributed by atoms with E-state index in [1.165, 1.54) is 40.6 Å². The van der Waals surface area contributed by atoms with Crippen molar-refractivity contribution in [2.24, 2.45) is 0 Å². The number of hydrogen-bond acceptors (Lipinski definition) is 4. The number of nitrogens with zero attached hydrogens (tertiary/aromatic N) is 3. The lowest BCUT2D eigenvalue weighted by Gasteiger charge is -2.27. The maximum absolute atomic E-state index is 13.5. The van der Waals surface area contributed by atoms with Gasteiger partial charge in [0.15, 0.2) is 5.16 Å². The molecule has 0 fully saturated rings. The highest BCUT2D eigenvalue weighted by Gasteiger charge is 2.21. The van der Waals surface area contributed by atoms with Crippen LogP contribution in [0.25, 0.3) is 16.6 Å². The number of fused-ring (bicyclic) bond motifs is 1. The number of carbonyl (C=O) groups is 1. The number of amides is 1. The van der Waals surface area contributed by atoms with Gasteiger partial charge >= 0.3 is 0 Å². The van der Waals surface area contributed by atoms with Crippen molar-refractivity contribution in [3.63, 3.8) is 0 Å². The van der Waals surface area contributed by atoms with Crippen molar-refractivity contribution in [3.8, 4) is 5.69 Å². The Kier molecular flexibility index (Phi) is 6.37. The zero-order valence-electron chi connectivity index (χ0n) is 17.7. The number of aromatic nitrogens is 2. The molecule has 4 rings (SSSR count). The molecule has 162 valence electrons. The van der Waals surface area contributed by atoms with Crippen LogP contribution < -0.4 is 10.5 Å². The van der Waals surface area contributed by atoms with Gasteiger partial charge in [0.2, 0.25) is 5.91 Å². The Balaban J connectivity index is 1.72. The van der Waals surface area contributed by atoms with Crippen LogP contribution in [0.2, 0.25) is 0 Å². The number of halogens is 1. The molecule has 0 aliphatic heterocycles. The van der Waals surface area contributed by atoms with E-state index in [1.54, 1.807) is 23.1 Å². The van der Waals surface area contributed by atoms with E-state index in [-0.39, 0.29) is 23.3 Å². The van der Waals surface area contributed by atoms with E-state index in [0.29, 0.717) is 21.7 Å². The lowest BCUT2D eigenvalue weighted by atomic mass is 10.2. The summed E-state index contributed by atoms with van der Waals surface area (Å²) in [6.07, 6.45) is 0. The van der Waals surface area contributed by atoms with Crippen molar-refractivity contribution in [1.82, 2.24) is 9.55 Å². The van der Waals surface area contributed by atoms with Crippen LogP contribution in [0.15, 0.2) is 88.8 Å². The summed E-state index contributed by atoms with van der Waals surface area (Å²) in [4.78, 5) is 32.8. The maximum Gasteiger partial charge on any atom is 0.266 e. The summed E-state index contributed by atoms with van der Waals surface area (Å²) in [5.41, 5.74) is 1.60. The molecule has 0 unspecified atom stereocenters. The molecule has 4 aromatic rings. The molecule has 1 aromatic heterocycles. The smallest absolute Gasteiger partial charge is 0.266 e. The van der Waals surface area contributed by atoms with Gasteiger partial charge in [-0.15, -0.1) is 0 Å². The molecule has 32 heavy (non-hydrogen) atoms. The maximum atomic E-state index is 13.5. The standard InChI is InChI=1S/C25H22FN3O2S/c1-17(2)28(19-8-4-3-5-9-19)23(30)16-32-25-27-22-11-7-6-10-21(22)24(31)29(25)20-14-12-18(26)13-15-20/h3-15,17H,16H2,1-2H3. The van der Waals surface area contributed by atoms with E-state index in [9.17, 15) is 14.0 Å². The highest BCUT2D eigenvalue weighted by atomic mass is 32.2. The lowest BCUT2D eigenvalue weighted by Crippen LogP contribution is -2.38. The molecule has 0 bridgehead atoms. The highest BCUT2D eigenvalue weighted by Crippen LogP contribution is 2.24. The topological polar surface area (TPSA) is 55.2 Å². The fourth-order valence-corrected chi connectivity index (χ4v) is 4.41. The second-order valence-electron chi connectivity index (χ2n) is 7.51. The third-order valence-corrected chi connectivity index (χ3v) is 5.90. The molecule has 0 N–H and O–H groups in total. The van der Waals surface area contributed by atoms with Gasteiger partial charge in [-0.3, -0.25) is 14.2 Å². The molecule has 7 heteroatoms. The molecule has 1 heterocycles. The van der Waals surface area contributed by atoms with Crippen molar-refractivity contribution >= 4 is 34.3 Å². The fraction of sp³-hybridized carbons (Fsp3) is 0.160. The number of rotatable bonds is 6. The van der Waals surface area contributed by atoms with Gasteiger partial charge in [0.25, 0.3) is 5.56 Å². The minimum Gasteiger partial charge on any atom is -0.309 e. The number of hydrogen-bond donors (Lipinski definition) is 0. The zero-order valence-corrected chi connectivity index (χ0v) is 18.6. The third-order valence-electron chi connectivity index (χ3n) is 4.97. The van der Waals surface area contributed by atoms with E-state index in [0.717, 1.165) is 5.69 Å². The normalized spacial score (nSPS) is 11.1. The van der Waals surface area contributed by atoms with Crippen LogP contribution >= 0.6 is 11.8 Å². The number of benzene rings is 3. The molecule has 1 amide bonds. The van der Waals surface area contributed by atoms with Gasteiger partial charge in [-0.1, -0.05) is 42.1 Å². The van der Waals surface area contributed by atoms with Crippen molar-refractivity contribution in [1.29, 1.82) is 0 Å². The van der Waals surface area contributed by atoms with Gasteiger partial charge in [-0.05, 0) is 62.4 Å². The van der Waals surface area contributed by atoms with Crippen LogP contribution in [-0.2, 0) is 4.79 Å². The van der Waals surface area contributed by atoms with Crippen LogP contribution in [0.5, 0.6) is 0 Å². The molecule has 3 aromatic carbocycles. The Morgan fingerprint density at radius 1 is 1.00 bits per heavy atom. The van der Waals surface area contributed by atoms with Crippen molar-refractivity contribution in [3.05, 3.63) is 95.0 Å². The minimum absolute atomic E-state index is 0.0330. The Morgan fingerprint density at radius 3 is 2.34 bits per heavy atom. The summed E-state index contributed by atoms with van der Waals surface area (Å²) in [6, 6.07) is 22.2. The predicted molar refractivity (Wildman–Crippen MR) is 127 cm³/mol. The average molecular weight is 448 g/mol. The van der Waals surface area contributed by atoms with Crippen molar-refractivity contribution in [2.45, 2.75) is 25.0 Å². The van der Waals surface area contributed by atoms with Gasteiger partial charge in [0, 0.05) is 11.7 Å². The summed E-state index contributed by atoms with van der Waals surface area (Å²) < 4.78 is 14.9. The molecule has 0 spiro atoms. The van der Waals surface area contributed by atoms with Crippen LogP contribution in [0.1, 0.15) is 13.8 Å². The molecule has 5 nitrogen and oxygen atoms in total. The second kappa shape index (κ2) is 9.36. The minimum atomic E-state index is -0.393. The SMILES string of the molecule is CC(C)N(C(=O)CSc1nc2ccccc2c(=O)n1-c1ccc(F)cc1)c1ccccc1. The average Bonchev–Trinajstić information content (AvgIpc) is 2.79. The molecular weight excluding hydrogens is 425 g/mol. The summed E-state index contributed by atoms with van der Waals surface area (Å²) in [5.74, 6) is -0.390. The zero-order chi connectivity index (χ0) is 22.7. The van der Waals surface area contributed by atoms with Crippen LogP contribution in [-0.4, -0.2) is 27.3 Å². The summed E-state index contributed by atoms with van der Waals surface area (Å²) in [7, 11) is 0. The number of carbonyl (C=O) groups excluding carboxylic acids is 1. The van der Waals surface area contributed by atoms with Gasteiger partial charge in [-0.25, -0.2) is 9.37 Å². The lowest BCUT2D eigenvalue weighted by molar-refractivity contribution is -0.116. The highest BCUT2D eigenvalue weighted by molar-refractivity contribution is 7.99. The van der Waals surface area contributed by atoms with E-state index < -0.39 is 5.82 Å². The van der Waals surface area contributed by atoms with E-state index in [2.05, 4.69) is 4.98 Å². The van der Waals surface area contributed by atoms with Gasteiger partial charge < -0.3 is 4.90 Å². The molecule has 0 aliphatic rings. The largest absolute Gasteiger partial charge is 0.309 e. The second-order valence-corrected chi connectivity index (χ2v) is 8.45. The Labute approximate surface area is 189 Å². The first-order chi connectivity index (χ1) is 15.5. The first kappa shape index (κ1) is 21.8. The van der Waals surface area contributed by atoms with Gasteiger partial charge in [-0.2, -0.15) is 0 Å². The molecule has 0 atom stereocenters. The Bertz CT molecular complexity index is 1300. The van der Waals surface area contributed by atoms with E-state index in [1.807, 2.05) is 50.2 Å². The number of anilines is 1. The molecule has 0 radical (unpaired) electrons. The van der Waals surface area contributed by atoms with Crippen molar-refractivity contribution in [2.75, 3.05) is 10.7 Å². The summed E-state index contributed by atoms with van der Waals surface area (Å²) >= 11 is 1.19. The van der Waals surface area contributed by atoms with Crippen LogP contribution in [0.4, 0.5) is 10.1 Å². The molecule has 0 saturated carbocycles. The summed E-state index contributed by atoms with van der Waals surface area (Å²) in [6.45, 7) is 3.91. The summed E-state index contributed by atoms with van der Waals surface area (Å²) in [5, 5.41) is 0.839.